The van der Waals surface area contributed by atoms with Gasteiger partial charge in [0.1, 0.15) is 11.3 Å². The molecular formula is C16H19N3O. The van der Waals surface area contributed by atoms with Gasteiger partial charge in [-0.3, -0.25) is 9.78 Å². The predicted molar refractivity (Wildman–Crippen MR) is 80.3 cm³/mol. The van der Waals surface area contributed by atoms with Gasteiger partial charge in [0.05, 0.1) is 11.7 Å². The number of Topliss-reactive ketones (excluding diaryl/α,β-unsaturated/α-hetero) is 1. The fraction of sp³-hybridized carbons (Fsp3) is 0.438. The fourth-order valence-corrected chi connectivity index (χ4v) is 2.79. The molecule has 2 heterocycles. The first-order valence-electron chi connectivity index (χ1n) is 7.18. The van der Waals surface area contributed by atoms with E-state index in [1.807, 2.05) is 25.3 Å². The minimum Gasteiger partial charge on any atom is -0.355 e. The smallest absolute Gasteiger partial charge is 0.162 e. The average molecular weight is 269 g/mol. The molecule has 1 aliphatic heterocycles. The van der Waals surface area contributed by atoms with Crippen molar-refractivity contribution >= 4 is 22.6 Å². The molecule has 20 heavy (non-hydrogen) atoms. The van der Waals surface area contributed by atoms with E-state index in [1.165, 1.54) is 19.3 Å². The Bertz CT molecular complexity index is 660. The second-order valence-electron chi connectivity index (χ2n) is 5.51. The second-order valence-corrected chi connectivity index (χ2v) is 5.51. The molecule has 0 saturated carbocycles. The van der Waals surface area contributed by atoms with Gasteiger partial charge in [-0.2, -0.15) is 0 Å². The molecule has 0 amide bonds. The lowest BCUT2D eigenvalue weighted by Crippen LogP contribution is -2.30. The average Bonchev–Trinajstić information content (AvgIpc) is 2.46. The van der Waals surface area contributed by atoms with Crippen molar-refractivity contribution in [1.29, 1.82) is 0 Å². The molecular weight excluding hydrogens is 250 g/mol. The highest BCUT2D eigenvalue weighted by molar-refractivity contribution is 6.05. The van der Waals surface area contributed by atoms with Crippen molar-refractivity contribution < 1.29 is 4.79 Å². The van der Waals surface area contributed by atoms with Gasteiger partial charge in [0.2, 0.25) is 0 Å². The predicted octanol–water partition coefficient (Wildman–Crippen LogP) is 3.13. The number of benzene rings is 1. The van der Waals surface area contributed by atoms with E-state index in [0.29, 0.717) is 5.56 Å². The Morgan fingerprint density at radius 3 is 2.65 bits per heavy atom. The van der Waals surface area contributed by atoms with Crippen LogP contribution in [0.2, 0.25) is 0 Å². The summed E-state index contributed by atoms with van der Waals surface area (Å²) < 4.78 is 0. The first-order valence-corrected chi connectivity index (χ1v) is 7.18. The van der Waals surface area contributed by atoms with Gasteiger partial charge < -0.3 is 4.90 Å². The summed E-state index contributed by atoms with van der Waals surface area (Å²) in [6, 6.07) is 3.88. The maximum Gasteiger partial charge on any atom is 0.162 e. The summed E-state index contributed by atoms with van der Waals surface area (Å²) in [4.78, 5) is 23.3. The normalized spacial score (nSPS) is 15.6. The van der Waals surface area contributed by atoms with Crippen LogP contribution in [0.3, 0.4) is 0 Å². The molecule has 0 bridgehead atoms. The van der Waals surface area contributed by atoms with E-state index in [-0.39, 0.29) is 5.78 Å². The van der Waals surface area contributed by atoms with Gasteiger partial charge in [0.25, 0.3) is 0 Å². The highest BCUT2D eigenvalue weighted by Crippen LogP contribution is 2.23. The number of anilines is 1. The van der Waals surface area contributed by atoms with Crippen LogP contribution >= 0.6 is 0 Å². The van der Waals surface area contributed by atoms with Crippen molar-refractivity contribution in [3.05, 3.63) is 29.5 Å². The van der Waals surface area contributed by atoms with Gasteiger partial charge >= 0.3 is 0 Å². The summed E-state index contributed by atoms with van der Waals surface area (Å²) in [5.41, 5.74) is 3.25. The lowest BCUT2D eigenvalue weighted by atomic mass is 10.1. The zero-order valence-electron chi connectivity index (χ0n) is 12.0. The molecule has 4 heteroatoms. The zero-order chi connectivity index (χ0) is 14.1. The standard InChI is InChI=1S/C16H19N3O/c1-11-8-13(12(2)20)16-14(9-11)17-10-15(18-16)19-6-4-3-5-7-19/h8-10H,3-7H2,1-2H3. The Hall–Kier alpha value is -1.97. The number of hydrogen-bond acceptors (Lipinski definition) is 4. The molecule has 0 N–H and O–H groups in total. The Labute approximate surface area is 118 Å². The minimum absolute atomic E-state index is 0.0452. The summed E-state index contributed by atoms with van der Waals surface area (Å²) in [5.74, 6) is 0.937. The van der Waals surface area contributed by atoms with Crippen LogP contribution in [-0.2, 0) is 0 Å². The third kappa shape index (κ3) is 2.38. The van der Waals surface area contributed by atoms with Crippen LogP contribution in [0, 0.1) is 6.92 Å². The number of piperidine rings is 1. The van der Waals surface area contributed by atoms with E-state index in [0.717, 1.165) is 35.5 Å². The molecule has 0 spiro atoms. The number of aromatic nitrogens is 2. The van der Waals surface area contributed by atoms with Crippen LogP contribution in [0.15, 0.2) is 18.3 Å². The maximum absolute atomic E-state index is 11.8. The van der Waals surface area contributed by atoms with Gasteiger partial charge in [0, 0.05) is 18.7 Å². The van der Waals surface area contributed by atoms with Crippen molar-refractivity contribution in [1.82, 2.24) is 9.97 Å². The van der Waals surface area contributed by atoms with E-state index < -0.39 is 0 Å². The molecule has 1 aromatic carbocycles. The molecule has 1 aliphatic rings. The Kier molecular flexibility index (Phi) is 3.38. The molecule has 0 radical (unpaired) electrons. The molecule has 0 unspecified atom stereocenters. The number of nitrogens with zero attached hydrogens (tertiary/aromatic N) is 3. The van der Waals surface area contributed by atoms with Gasteiger partial charge in [0.15, 0.2) is 5.78 Å². The largest absolute Gasteiger partial charge is 0.355 e. The minimum atomic E-state index is 0.0452. The van der Waals surface area contributed by atoms with Gasteiger partial charge in [-0.05, 0) is 50.8 Å². The van der Waals surface area contributed by atoms with Gasteiger partial charge in [-0.15, -0.1) is 0 Å². The van der Waals surface area contributed by atoms with Gasteiger partial charge in [-0.1, -0.05) is 0 Å². The molecule has 0 atom stereocenters. The number of hydrogen-bond donors (Lipinski definition) is 0. The monoisotopic (exact) mass is 269 g/mol. The molecule has 1 aromatic heterocycles. The summed E-state index contributed by atoms with van der Waals surface area (Å²) in [5, 5.41) is 0. The van der Waals surface area contributed by atoms with Crippen molar-refractivity contribution in [2.75, 3.05) is 18.0 Å². The van der Waals surface area contributed by atoms with Crippen LogP contribution in [0.1, 0.15) is 42.1 Å². The highest BCUT2D eigenvalue weighted by atomic mass is 16.1. The highest BCUT2D eigenvalue weighted by Gasteiger charge is 2.15. The maximum atomic E-state index is 11.8. The summed E-state index contributed by atoms with van der Waals surface area (Å²) in [6.45, 7) is 5.62. The molecule has 4 nitrogen and oxygen atoms in total. The van der Waals surface area contributed by atoms with Gasteiger partial charge in [-0.25, -0.2) is 4.98 Å². The first kappa shape index (κ1) is 13.0. The molecule has 0 aliphatic carbocycles. The lowest BCUT2D eigenvalue weighted by Gasteiger charge is -2.27. The quantitative estimate of drug-likeness (QED) is 0.786. The van der Waals surface area contributed by atoms with E-state index in [1.54, 1.807) is 6.92 Å². The Morgan fingerprint density at radius 1 is 1.20 bits per heavy atom. The topological polar surface area (TPSA) is 46.1 Å². The van der Waals surface area contributed by atoms with Crippen LogP contribution in [0.5, 0.6) is 0 Å². The fourth-order valence-electron chi connectivity index (χ4n) is 2.79. The van der Waals surface area contributed by atoms with Crippen molar-refractivity contribution in [3.8, 4) is 0 Å². The second kappa shape index (κ2) is 5.19. The third-order valence-electron chi connectivity index (χ3n) is 3.84. The Balaban J connectivity index is 2.11. The van der Waals surface area contributed by atoms with E-state index >= 15 is 0 Å². The summed E-state index contributed by atoms with van der Waals surface area (Å²) in [6.07, 6.45) is 5.52. The van der Waals surface area contributed by atoms with E-state index in [2.05, 4.69) is 9.88 Å². The van der Waals surface area contributed by atoms with Crippen LogP contribution in [-0.4, -0.2) is 28.8 Å². The first-order chi connectivity index (χ1) is 9.65. The number of ketones is 1. The number of carbonyl (C=O) groups is 1. The van der Waals surface area contributed by atoms with Crippen molar-refractivity contribution in [2.24, 2.45) is 0 Å². The van der Waals surface area contributed by atoms with Crippen LogP contribution in [0.4, 0.5) is 5.82 Å². The SMILES string of the molecule is CC(=O)c1cc(C)cc2ncc(N3CCCCC3)nc12. The Morgan fingerprint density at radius 2 is 1.95 bits per heavy atom. The molecule has 1 fully saturated rings. The molecule has 1 saturated heterocycles. The number of rotatable bonds is 2. The lowest BCUT2D eigenvalue weighted by molar-refractivity contribution is 0.101. The van der Waals surface area contributed by atoms with Crippen LogP contribution in [0.25, 0.3) is 11.0 Å². The number of carbonyl (C=O) groups excluding carboxylic acids is 1. The van der Waals surface area contributed by atoms with E-state index in [4.69, 9.17) is 4.98 Å². The summed E-state index contributed by atoms with van der Waals surface area (Å²) in [7, 11) is 0. The molecule has 104 valence electrons. The van der Waals surface area contributed by atoms with Crippen molar-refractivity contribution in [3.63, 3.8) is 0 Å². The third-order valence-corrected chi connectivity index (χ3v) is 3.84. The zero-order valence-corrected chi connectivity index (χ0v) is 12.0. The van der Waals surface area contributed by atoms with E-state index in [9.17, 15) is 4.79 Å². The van der Waals surface area contributed by atoms with Crippen molar-refractivity contribution in [2.45, 2.75) is 33.1 Å². The van der Waals surface area contributed by atoms with Crippen LogP contribution < -0.4 is 4.90 Å². The number of aryl methyl sites for hydroxylation is 1. The number of fused-ring (bicyclic) bond motifs is 1. The molecule has 3 rings (SSSR count). The summed E-state index contributed by atoms with van der Waals surface area (Å²) >= 11 is 0. The molecule has 2 aromatic rings.